The molecule has 0 aliphatic heterocycles. The summed E-state index contributed by atoms with van der Waals surface area (Å²) in [4.78, 5) is 29.6. The first kappa shape index (κ1) is 31.3. The Hall–Kier alpha value is -3.65. The lowest BCUT2D eigenvalue weighted by Gasteiger charge is -2.34. The molecule has 0 heterocycles. The second-order valence-electron chi connectivity index (χ2n) is 11.4. The van der Waals surface area contributed by atoms with Gasteiger partial charge >= 0.3 is 0 Å². The highest BCUT2D eigenvalue weighted by molar-refractivity contribution is 7.92. The van der Waals surface area contributed by atoms with Gasteiger partial charge in [-0.2, -0.15) is 0 Å². The van der Waals surface area contributed by atoms with Crippen molar-refractivity contribution in [2.45, 2.75) is 89.7 Å². The van der Waals surface area contributed by atoms with Gasteiger partial charge in [0.05, 0.1) is 10.6 Å². The molecule has 1 saturated carbocycles. The van der Waals surface area contributed by atoms with Crippen LogP contribution < -0.4 is 9.62 Å². The van der Waals surface area contributed by atoms with Gasteiger partial charge in [0.1, 0.15) is 12.6 Å². The SMILES string of the molecule is CC[C@@H](C(=O)NC1CCCCC1)N(Cc1cccc(C)c1)C(=O)CN(c1ccccc1C)S(=O)(=O)c1ccc(C)cc1. The zero-order valence-electron chi connectivity index (χ0n) is 25.2. The lowest BCUT2D eigenvalue weighted by atomic mass is 9.95. The van der Waals surface area contributed by atoms with Crippen molar-refractivity contribution in [3.05, 3.63) is 95.1 Å². The number of hydrogen-bond acceptors (Lipinski definition) is 4. The Kier molecular flexibility index (Phi) is 10.4. The molecule has 0 bridgehead atoms. The molecule has 1 aliphatic carbocycles. The number of carbonyl (C=O) groups is 2. The Balaban J connectivity index is 1.71. The van der Waals surface area contributed by atoms with E-state index < -0.39 is 28.5 Å². The van der Waals surface area contributed by atoms with Crippen molar-refractivity contribution < 1.29 is 18.0 Å². The van der Waals surface area contributed by atoms with E-state index in [2.05, 4.69) is 5.32 Å². The zero-order valence-corrected chi connectivity index (χ0v) is 26.0. The van der Waals surface area contributed by atoms with Crippen LogP contribution in [-0.4, -0.2) is 43.8 Å². The third kappa shape index (κ3) is 7.59. The van der Waals surface area contributed by atoms with Crippen LogP contribution in [0.2, 0.25) is 0 Å². The monoisotopic (exact) mass is 589 g/mol. The molecular weight excluding hydrogens is 546 g/mol. The zero-order chi connectivity index (χ0) is 30.3. The van der Waals surface area contributed by atoms with E-state index in [4.69, 9.17) is 0 Å². The van der Waals surface area contributed by atoms with Gasteiger partial charge in [-0.1, -0.05) is 91.9 Å². The fraction of sp³-hybridized carbons (Fsp3) is 0.412. The maximum Gasteiger partial charge on any atom is 0.264 e. The van der Waals surface area contributed by atoms with Crippen LogP contribution in [0.25, 0.3) is 0 Å². The first-order valence-corrected chi connectivity index (χ1v) is 16.3. The van der Waals surface area contributed by atoms with Crippen molar-refractivity contribution in [3.8, 4) is 0 Å². The molecule has 0 unspecified atom stereocenters. The average molecular weight is 590 g/mol. The third-order valence-corrected chi connectivity index (χ3v) is 9.82. The maximum absolute atomic E-state index is 14.3. The number of sulfonamides is 1. The number of aryl methyl sites for hydroxylation is 3. The molecule has 42 heavy (non-hydrogen) atoms. The standard InChI is InChI=1S/C34H43N3O4S/c1-5-31(34(39)35-29-15-7-6-8-16-29)36(23-28-14-11-12-26(3)22-28)33(38)24-37(32-17-10-9-13-27(32)4)42(40,41)30-20-18-25(2)19-21-30/h9-14,17-22,29,31H,5-8,15-16,23-24H2,1-4H3,(H,35,39)/t31-/m0/s1. The van der Waals surface area contributed by atoms with E-state index in [1.807, 2.05) is 64.1 Å². The summed E-state index contributed by atoms with van der Waals surface area (Å²) in [6.07, 6.45) is 5.61. The van der Waals surface area contributed by atoms with Crippen LogP contribution in [0.15, 0.2) is 77.7 Å². The smallest absolute Gasteiger partial charge is 0.264 e. The first-order chi connectivity index (χ1) is 20.1. The molecule has 0 spiro atoms. The fourth-order valence-corrected chi connectivity index (χ4v) is 7.14. The molecule has 0 aromatic heterocycles. The number of para-hydroxylation sites is 1. The van der Waals surface area contributed by atoms with E-state index in [1.165, 1.54) is 10.7 Å². The van der Waals surface area contributed by atoms with Gasteiger partial charge in [-0.3, -0.25) is 13.9 Å². The van der Waals surface area contributed by atoms with Crippen LogP contribution in [0.3, 0.4) is 0 Å². The summed E-state index contributed by atoms with van der Waals surface area (Å²) in [5.74, 6) is -0.615. The number of rotatable bonds is 11. The van der Waals surface area contributed by atoms with Gasteiger partial charge in [0, 0.05) is 12.6 Å². The Morgan fingerprint density at radius 2 is 1.57 bits per heavy atom. The Labute approximate surface area is 251 Å². The third-order valence-electron chi connectivity index (χ3n) is 8.04. The van der Waals surface area contributed by atoms with E-state index in [-0.39, 0.29) is 23.4 Å². The number of hydrogen-bond donors (Lipinski definition) is 1. The normalized spacial score (nSPS) is 14.7. The number of benzene rings is 3. The van der Waals surface area contributed by atoms with Crippen molar-refractivity contribution in [2.75, 3.05) is 10.8 Å². The van der Waals surface area contributed by atoms with E-state index in [9.17, 15) is 18.0 Å². The van der Waals surface area contributed by atoms with E-state index in [0.29, 0.717) is 12.1 Å². The lowest BCUT2D eigenvalue weighted by Crippen LogP contribution is -2.54. The first-order valence-electron chi connectivity index (χ1n) is 14.9. The second-order valence-corrected chi connectivity index (χ2v) is 13.3. The van der Waals surface area contributed by atoms with Crippen molar-refractivity contribution >= 4 is 27.5 Å². The molecule has 2 amide bonds. The molecular formula is C34H43N3O4S. The van der Waals surface area contributed by atoms with Gasteiger partial charge in [0.2, 0.25) is 11.8 Å². The summed E-state index contributed by atoms with van der Waals surface area (Å²) in [5.41, 5.74) is 4.03. The highest BCUT2D eigenvalue weighted by Gasteiger charge is 2.34. The van der Waals surface area contributed by atoms with Gasteiger partial charge < -0.3 is 10.2 Å². The molecule has 7 nitrogen and oxygen atoms in total. The highest BCUT2D eigenvalue weighted by atomic mass is 32.2. The van der Waals surface area contributed by atoms with Crippen LogP contribution in [0.1, 0.15) is 67.7 Å². The number of amides is 2. The summed E-state index contributed by atoms with van der Waals surface area (Å²) >= 11 is 0. The largest absolute Gasteiger partial charge is 0.352 e. The second kappa shape index (κ2) is 14.0. The molecule has 1 aliphatic rings. The van der Waals surface area contributed by atoms with Crippen molar-refractivity contribution in [3.63, 3.8) is 0 Å². The predicted molar refractivity (Wildman–Crippen MR) is 168 cm³/mol. The number of nitrogens with one attached hydrogen (secondary N) is 1. The lowest BCUT2D eigenvalue weighted by molar-refractivity contribution is -0.140. The maximum atomic E-state index is 14.3. The summed E-state index contributed by atoms with van der Waals surface area (Å²) in [7, 11) is -4.09. The van der Waals surface area contributed by atoms with Crippen molar-refractivity contribution in [1.82, 2.24) is 10.2 Å². The summed E-state index contributed by atoms with van der Waals surface area (Å²) in [5, 5.41) is 3.19. The van der Waals surface area contributed by atoms with E-state index >= 15 is 0 Å². The summed E-state index contributed by atoms with van der Waals surface area (Å²) in [6.45, 7) is 7.36. The van der Waals surface area contributed by atoms with Gasteiger partial charge in [-0.25, -0.2) is 8.42 Å². The highest BCUT2D eigenvalue weighted by Crippen LogP contribution is 2.28. The van der Waals surface area contributed by atoms with E-state index in [0.717, 1.165) is 47.9 Å². The molecule has 1 atom stereocenters. The van der Waals surface area contributed by atoms with Gasteiger partial charge in [0.15, 0.2) is 0 Å². The summed E-state index contributed by atoms with van der Waals surface area (Å²) < 4.78 is 29.3. The van der Waals surface area contributed by atoms with Crippen LogP contribution in [-0.2, 0) is 26.2 Å². The molecule has 8 heteroatoms. The Bertz CT molecular complexity index is 1480. The number of anilines is 1. The predicted octanol–water partition coefficient (Wildman–Crippen LogP) is 6.06. The Morgan fingerprint density at radius 1 is 0.881 bits per heavy atom. The Morgan fingerprint density at radius 3 is 2.21 bits per heavy atom. The van der Waals surface area contributed by atoms with Crippen LogP contribution in [0, 0.1) is 20.8 Å². The van der Waals surface area contributed by atoms with Crippen LogP contribution in [0.4, 0.5) is 5.69 Å². The van der Waals surface area contributed by atoms with Crippen LogP contribution in [0.5, 0.6) is 0 Å². The average Bonchev–Trinajstić information content (AvgIpc) is 2.97. The minimum atomic E-state index is -4.09. The van der Waals surface area contributed by atoms with Gasteiger partial charge in [-0.05, 0) is 69.4 Å². The van der Waals surface area contributed by atoms with Crippen molar-refractivity contribution in [1.29, 1.82) is 0 Å². The van der Waals surface area contributed by atoms with Crippen molar-refractivity contribution in [2.24, 2.45) is 0 Å². The number of carbonyl (C=O) groups excluding carboxylic acids is 2. The minimum Gasteiger partial charge on any atom is -0.352 e. The van der Waals surface area contributed by atoms with Crippen LogP contribution >= 0.6 is 0 Å². The summed E-state index contributed by atoms with van der Waals surface area (Å²) in [6, 6.07) is 21.0. The molecule has 3 aromatic carbocycles. The number of nitrogens with zero attached hydrogens (tertiary/aromatic N) is 2. The molecule has 1 fully saturated rings. The molecule has 3 aromatic rings. The topological polar surface area (TPSA) is 86.8 Å². The molecule has 0 saturated heterocycles. The van der Waals surface area contributed by atoms with Gasteiger partial charge in [0.25, 0.3) is 10.0 Å². The quantitative estimate of drug-likeness (QED) is 0.294. The molecule has 4 rings (SSSR count). The molecule has 224 valence electrons. The minimum absolute atomic E-state index is 0.0987. The van der Waals surface area contributed by atoms with E-state index in [1.54, 1.807) is 41.3 Å². The molecule has 0 radical (unpaired) electrons. The molecule has 1 N–H and O–H groups in total. The fourth-order valence-electron chi connectivity index (χ4n) is 5.67. The van der Waals surface area contributed by atoms with Gasteiger partial charge in [-0.15, -0.1) is 0 Å².